The quantitative estimate of drug-likeness (QED) is 0.438. The highest BCUT2D eigenvalue weighted by Crippen LogP contribution is 2.05. The number of aliphatic imine (C=N–C) groups is 1. The summed E-state index contributed by atoms with van der Waals surface area (Å²) in [6.45, 7) is 5.31. The third-order valence-electron chi connectivity index (χ3n) is 1.70. The summed E-state index contributed by atoms with van der Waals surface area (Å²) in [7, 11) is 0. The van der Waals surface area contributed by atoms with Gasteiger partial charge in [0.2, 0.25) is 0 Å². The first kappa shape index (κ1) is 8.31. The van der Waals surface area contributed by atoms with Crippen LogP contribution in [-0.4, -0.2) is 19.0 Å². The van der Waals surface area contributed by atoms with Crippen molar-refractivity contribution in [2.45, 2.75) is 25.7 Å². The highest BCUT2D eigenvalue weighted by atomic mass is 16.5. The predicted molar refractivity (Wildman–Crippen MR) is 46.9 cm³/mol. The Morgan fingerprint density at radius 3 is 3.09 bits per heavy atom. The SMILES string of the molecule is C=CCCCCC1=NCCO1. The molecule has 0 aromatic carbocycles. The summed E-state index contributed by atoms with van der Waals surface area (Å²) in [5, 5.41) is 0. The Balaban J connectivity index is 1.98. The van der Waals surface area contributed by atoms with Gasteiger partial charge >= 0.3 is 0 Å². The van der Waals surface area contributed by atoms with Crippen LogP contribution in [0.5, 0.6) is 0 Å². The number of unbranched alkanes of at least 4 members (excludes halogenated alkanes) is 2. The van der Waals surface area contributed by atoms with Gasteiger partial charge in [-0.1, -0.05) is 6.08 Å². The van der Waals surface area contributed by atoms with Crippen LogP contribution in [0.15, 0.2) is 17.6 Å². The summed E-state index contributed by atoms with van der Waals surface area (Å²) >= 11 is 0. The van der Waals surface area contributed by atoms with Crippen molar-refractivity contribution in [1.82, 2.24) is 0 Å². The number of nitrogens with zero attached hydrogens (tertiary/aromatic N) is 1. The number of hydrogen-bond donors (Lipinski definition) is 0. The molecule has 0 atom stereocenters. The Morgan fingerprint density at radius 2 is 2.45 bits per heavy atom. The molecule has 1 aliphatic rings. The fourth-order valence-corrected chi connectivity index (χ4v) is 1.10. The van der Waals surface area contributed by atoms with E-state index in [2.05, 4.69) is 11.6 Å². The molecular weight excluding hydrogens is 138 g/mol. The molecule has 2 nitrogen and oxygen atoms in total. The zero-order valence-corrected chi connectivity index (χ0v) is 6.88. The van der Waals surface area contributed by atoms with E-state index in [1.807, 2.05) is 6.08 Å². The van der Waals surface area contributed by atoms with Crippen LogP contribution in [0, 0.1) is 0 Å². The first-order chi connectivity index (χ1) is 5.43. The lowest BCUT2D eigenvalue weighted by Gasteiger charge is -1.99. The molecule has 0 aromatic rings. The monoisotopic (exact) mass is 153 g/mol. The van der Waals surface area contributed by atoms with E-state index in [-0.39, 0.29) is 0 Å². The fraction of sp³-hybridized carbons (Fsp3) is 0.667. The van der Waals surface area contributed by atoms with Crippen molar-refractivity contribution < 1.29 is 4.74 Å². The second-order valence-corrected chi connectivity index (χ2v) is 2.66. The molecule has 0 unspecified atom stereocenters. The van der Waals surface area contributed by atoms with Crippen LogP contribution in [0.3, 0.4) is 0 Å². The molecule has 2 heteroatoms. The Labute approximate surface area is 68.0 Å². The number of allylic oxidation sites excluding steroid dienone is 1. The van der Waals surface area contributed by atoms with Gasteiger partial charge < -0.3 is 4.74 Å². The molecule has 0 radical (unpaired) electrons. The van der Waals surface area contributed by atoms with E-state index in [4.69, 9.17) is 4.74 Å². The van der Waals surface area contributed by atoms with Crippen molar-refractivity contribution >= 4 is 5.90 Å². The van der Waals surface area contributed by atoms with Gasteiger partial charge in [0, 0.05) is 6.42 Å². The van der Waals surface area contributed by atoms with E-state index in [0.717, 1.165) is 31.9 Å². The van der Waals surface area contributed by atoms with Crippen molar-refractivity contribution in [2.24, 2.45) is 4.99 Å². The highest BCUT2D eigenvalue weighted by Gasteiger charge is 2.05. The number of ether oxygens (including phenoxy) is 1. The second kappa shape index (κ2) is 4.94. The van der Waals surface area contributed by atoms with E-state index in [9.17, 15) is 0 Å². The fourth-order valence-electron chi connectivity index (χ4n) is 1.10. The lowest BCUT2D eigenvalue weighted by atomic mass is 10.2. The number of rotatable bonds is 5. The van der Waals surface area contributed by atoms with Gasteiger partial charge in [-0.25, -0.2) is 0 Å². The van der Waals surface area contributed by atoms with Crippen molar-refractivity contribution in [3.63, 3.8) is 0 Å². The molecule has 0 aliphatic carbocycles. The first-order valence-corrected chi connectivity index (χ1v) is 4.20. The van der Waals surface area contributed by atoms with Gasteiger partial charge in [0.15, 0.2) is 5.90 Å². The molecule has 0 fully saturated rings. The molecule has 0 spiro atoms. The topological polar surface area (TPSA) is 21.6 Å². The maximum atomic E-state index is 5.26. The van der Waals surface area contributed by atoms with Gasteiger partial charge in [-0.3, -0.25) is 4.99 Å². The minimum absolute atomic E-state index is 0.788. The molecule has 1 aliphatic heterocycles. The van der Waals surface area contributed by atoms with Crippen LogP contribution in [0.25, 0.3) is 0 Å². The summed E-state index contributed by atoms with van der Waals surface area (Å²) in [6.07, 6.45) is 6.44. The van der Waals surface area contributed by atoms with Crippen LogP contribution in [0.1, 0.15) is 25.7 Å². The molecule has 62 valence electrons. The van der Waals surface area contributed by atoms with Gasteiger partial charge in [-0.05, 0) is 19.3 Å². The molecule has 0 bridgehead atoms. The standard InChI is InChI=1S/C9H15NO/c1-2-3-4-5-6-9-10-7-8-11-9/h2H,1,3-8H2. The van der Waals surface area contributed by atoms with Crippen molar-refractivity contribution in [3.05, 3.63) is 12.7 Å². The normalized spacial score (nSPS) is 15.8. The molecule has 1 rings (SSSR count). The summed E-state index contributed by atoms with van der Waals surface area (Å²) in [5.41, 5.74) is 0. The third kappa shape index (κ3) is 3.21. The zero-order chi connectivity index (χ0) is 7.94. The van der Waals surface area contributed by atoms with Gasteiger partial charge in [0.1, 0.15) is 6.61 Å². The molecule has 11 heavy (non-hydrogen) atoms. The molecule has 0 aromatic heterocycles. The predicted octanol–water partition coefficient (Wildman–Crippen LogP) is 2.16. The lowest BCUT2D eigenvalue weighted by molar-refractivity contribution is 0.337. The summed E-state index contributed by atoms with van der Waals surface area (Å²) < 4.78 is 5.26. The van der Waals surface area contributed by atoms with Crippen LogP contribution < -0.4 is 0 Å². The van der Waals surface area contributed by atoms with Gasteiger partial charge in [0.25, 0.3) is 0 Å². The van der Waals surface area contributed by atoms with Crippen LogP contribution in [0.2, 0.25) is 0 Å². The smallest absolute Gasteiger partial charge is 0.183 e. The summed E-state index contributed by atoms with van der Waals surface area (Å²) in [4.78, 5) is 4.20. The lowest BCUT2D eigenvalue weighted by Crippen LogP contribution is -1.97. The Kier molecular flexibility index (Phi) is 3.73. The van der Waals surface area contributed by atoms with Crippen LogP contribution >= 0.6 is 0 Å². The molecule has 0 saturated carbocycles. The minimum Gasteiger partial charge on any atom is -0.479 e. The molecular formula is C9H15NO. The molecule has 0 saturated heterocycles. The zero-order valence-electron chi connectivity index (χ0n) is 6.88. The van der Waals surface area contributed by atoms with Gasteiger partial charge in [-0.2, -0.15) is 0 Å². The second-order valence-electron chi connectivity index (χ2n) is 2.66. The summed E-state index contributed by atoms with van der Waals surface area (Å²) in [6, 6.07) is 0. The van der Waals surface area contributed by atoms with E-state index in [1.54, 1.807) is 0 Å². The van der Waals surface area contributed by atoms with E-state index >= 15 is 0 Å². The van der Waals surface area contributed by atoms with E-state index in [0.29, 0.717) is 0 Å². The largest absolute Gasteiger partial charge is 0.479 e. The maximum Gasteiger partial charge on any atom is 0.183 e. The van der Waals surface area contributed by atoms with Crippen molar-refractivity contribution in [1.29, 1.82) is 0 Å². The van der Waals surface area contributed by atoms with Gasteiger partial charge in [-0.15, -0.1) is 6.58 Å². The van der Waals surface area contributed by atoms with E-state index in [1.165, 1.54) is 12.8 Å². The third-order valence-corrected chi connectivity index (χ3v) is 1.70. The molecule has 0 amide bonds. The van der Waals surface area contributed by atoms with E-state index < -0.39 is 0 Å². The van der Waals surface area contributed by atoms with Crippen molar-refractivity contribution in [3.8, 4) is 0 Å². The number of hydrogen-bond acceptors (Lipinski definition) is 2. The first-order valence-electron chi connectivity index (χ1n) is 4.20. The minimum atomic E-state index is 0.788. The Morgan fingerprint density at radius 1 is 1.55 bits per heavy atom. The van der Waals surface area contributed by atoms with Crippen molar-refractivity contribution in [2.75, 3.05) is 13.2 Å². The van der Waals surface area contributed by atoms with Crippen LogP contribution in [-0.2, 0) is 4.74 Å². The molecule has 1 heterocycles. The highest BCUT2D eigenvalue weighted by molar-refractivity contribution is 5.77. The van der Waals surface area contributed by atoms with Crippen LogP contribution in [0.4, 0.5) is 0 Å². The Hall–Kier alpha value is -0.790. The average Bonchev–Trinajstić information content (AvgIpc) is 2.50. The molecule has 0 N–H and O–H groups in total. The summed E-state index contributed by atoms with van der Waals surface area (Å²) in [5.74, 6) is 0.953. The maximum absolute atomic E-state index is 5.26. The van der Waals surface area contributed by atoms with Gasteiger partial charge in [0.05, 0.1) is 6.54 Å². The Bertz CT molecular complexity index is 152. The average molecular weight is 153 g/mol.